The standard InChI is InChI=1S/C14H21NO9/c1-6(16)20-5-10-12(21-7(2)17)13(22-8(3)18)11(15)14(24-10)23-9(4)19/h10-14H,5,15H2,1-4H3/p+1/t10?,11?,12-,13-,14+/m1/s1. The molecule has 136 valence electrons. The predicted octanol–water partition coefficient (Wildman–Crippen LogP) is -1.69. The van der Waals surface area contributed by atoms with Gasteiger partial charge in [0.1, 0.15) is 12.7 Å². The van der Waals surface area contributed by atoms with Crippen LogP contribution in [0.15, 0.2) is 0 Å². The first kappa shape index (κ1) is 19.8. The van der Waals surface area contributed by atoms with E-state index in [1.807, 2.05) is 0 Å². The van der Waals surface area contributed by atoms with E-state index in [0.717, 1.165) is 0 Å². The Morgan fingerprint density at radius 3 is 1.79 bits per heavy atom. The van der Waals surface area contributed by atoms with Crippen molar-refractivity contribution < 1.29 is 48.6 Å². The summed E-state index contributed by atoms with van der Waals surface area (Å²) >= 11 is 0. The summed E-state index contributed by atoms with van der Waals surface area (Å²) in [7, 11) is 0. The molecule has 1 fully saturated rings. The van der Waals surface area contributed by atoms with Crippen LogP contribution >= 0.6 is 0 Å². The van der Waals surface area contributed by atoms with Gasteiger partial charge in [-0.25, -0.2) is 0 Å². The van der Waals surface area contributed by atoms with Crippen LogP contribution in [0, 0.1) is 0 Å². The highest BCUT2D eigenvalue weighted by Gasteiger charge is 2.52. The first-order valence-electron chi connectivity index (χ1n) is 7.25. The Bertz CT molecular complexity index is 490. The Hall–Kier alpha value is -2.20. The zero-order chi connectivity index (χ0) is 18.4. The largest absolute Gasteiger partial charge is 0.463 e. The van der Waals surface area contributed by atoms with Gasteiger partial charge in [0, 0.05) is 27.7 Å². The van der Waals surface area contributed by atoms with Gasteiger partial charge >= 0.3 is 23.9 Å². The van der Waals surface area contributed by atoms with Crippen LogP contribution in [0.4, 0.5) is 0 Å². The second kappa shape index (κ2) is 8.60. The van der Waals surface area contributed by atoms with Gasteiger partial charge in [0.25, 0.3) is 6.29 Å². The molecule has 3 N–H and O–H groups in total. The van der Waals surface area contributed by atoms with Crippen molar-refractivity contribution in [3.63, 3.8) is 0 Å². The Morgan fingerprint density at radius 1 is 0.833 bits per heavy atom. The Kier molecular flexibility index (Phi) is 7.11. The lowest BCUT2D eigenvalue weighted by molar-refractivity contribution is -0.496. The van der Waals surface area contributed by atoms with Gasteiger partial charge < -0.3 is 29.4 Å². The van der Waals surface area contributed by atoms with Gasteiger partial charge in [0.05, 0.1) is 0 Å². The maximum absolute atomic E-state index is 11.4. The fourth-order valence-corrected chi connectivity index (χ4v) is 2.25. The molecule has 10 nitrogen and oxygen atoms in total. The van der Waals surface area contributed by atoms with E-state index in [-0.39, 0.29) is 6.61 Å². The smallest absolute Gasteiger partial charge is 0.305 e. The van der Waals surface area contributed by atoms with E-state index >= 15 is 0 Å². The maximum atomic E-state index is 11.4. The minimum Gasteiger partial charge on any atom is -0.463 e. The highest BCUT2D eigenvalue weighted by atomic mass is 16.7. The van der Waals surface area contributed by atoms with E-state index in [1.165, 1.54) is 27.7 Å². The summed E-state index contributed by atoms with van der Waals surface area (Å²) in [5, 5.41) is 0. The monoisotopic (exact) mass is 348 g/mol. The zero-order valence-electron chi connectivity index (χ0n) is 14.0. The van der Waals surface area contributed by atoms with Crippen LogP contribution < -0.4 is 5.73 Å². The number of quaternary nitrogens is 1. The summed E-state index contributed by atoms with van der Waals surface area (Å²) in [6.07, 6.45) is -4.26. The van der Waals surface area contributed by atoms with Crippen molar-refractivity contribution in [3.05, 3.63) is 0 Å². The normalized spacial score (nSPS) is 29.3. The van der Waals surface area contributed by atoms with Crippen LogP contribution in [0.1, 0.15) is 27.7 Å². The predicted molar refractivity (Wildman–Crippen MR) is 74.8 cm³/mol. The summed E-state index contributed by atoms with van der Waals surface area (Å²) in [6, 6.07) is -0.851. The van der Waals surface area contributed by atoms with E-state index in [0.29, 0.717) is 0 Å². The van der Waals surface area contributed by atoms with Crippen molar-refractivity contribution in [1.29, 1.82) is 0 Å². The zero-order valence-corrected chi connectivity index (χ0v) is 14.0. The molecule has 1 aliphatic rings. The van der Waals surface area contributed by atoms with Crippen LogP contribution in [0.2, 0.25) is 0 Å². The summed E-state index contributed by atoms with van der Waals surface area (Å²) in [5.74, 6) is -2.50. The molecule has 0 aromatic heterocycles. The molecule has 0 aromatic rings. The number of esters is 4. The molecule has 0 saturated carbocycles. The van der Waals surface area contributed by atoms with Crippen LogP contribution in [0.3, 0.4) is 0 Å². The molecule has 5 atom stereocenters. The minimum absolute atomic E-state index is 0.282. The number of hydrogen-bond donors (Lipinski definition) is 1. The van der Waals surface area contributed by atoms with Crippen molar-refractivity contribution in [2.75, 3.05) is 6.61 Å². The topological polar surface area (TPSA) is 142 Å². The second-order valence-electron chi connectivity index (χ2n) is 5.27. The average Bonchev–Trinajstić information content (AvgIpc) is 2.42. The molecule has 0 bridgehead atoms. The third-order valence-electron chi connectivity index (χ3n) is 3.11. The molecule has 10 heteroatoms. The maximum Gasteiger partial charge on any atom is 0.305 e. The van der Waals surface area contributed by atoms with Gasteiger partial charge in [-0.05, 0) is 0 Å². The number of carbonyl (C=O) groups is 4. The molecule has 0 spiro atoms. The van der Waals surface area contributed by atoms with Gasteiger partial charge in [0.2, 0.25) is 0 Å². The average molecular weight is 348 g/mol. The van der Waals surface area contributed by atoms with Crippen molar-refractivity contribution in [1.82, 2.24) is 0 Å². The van der Waals surface area contributed by atoms with Gasteiger partial charge in [-0.1, -0.05) is 0 Å². The minimum atomic E-state index is -1.15. The molecular weight excluding hydrogens is 326 g/mol. The quantitative estimate of drug-likeness (QED) is 0.455. The lowest BCUT2D eigenvalue weighted by Gasteiger charge is -2.41. The lowest BCUT2D eigenvalue weighted by atomic mass is 9.97. The molecule has 24 heavy (non-hydrogen) atoms. The first-order chi connectivity index (χ1) is 11.1. The molecule has 1 saturated heterocycles. The molecule has 0 aromatic carbocycles. The first-order valence-corrected chi connectivity index (χ1v) is 7.25. The van der Waals surface area contributed by atoms with Crippen molar-refractivity contribution >= 4 is 23.9 Å². The lowest BCUT2D eigenvalue weighted by Crippen LogP contribution is -2.79. The van der Waals surface area contributed by atoms with E-state index < -0.39 is 54.5 Å². The molecule has 0 aliphatic carbocycles. The molecule has 2 unspecified atom stereocenters. The molecular formula is C14H22NO9+. The highest BCUT2D eigenvalue weighted by Crippen LogP contribution is 2.25. The molecule has 1 rings (SSSR count). The summed E-state index contributed by atoms with van der Waals surface area (Å²) in [6.45, 7) is 4.44. The van der Waals surface area contributed by atoms with Crippen LogP contribution in [-0.4, -0.2) is 61.1 Å². The molecule has 1 heterocycles. The van der Waals surface area contributed by atoms with Crippen LogP contribution in [0.5, 0.6) is 0 Å². The highest BCUT2D eigenvalue weighted by molar-refractivity contribution is 5.68. The third-order valence-corrected chi connectivity index (χ3v) is 3.11. The van der Waals surface area contributed by atoms with Crippen molar-refractivity contribution in [2.45, 2.75) is 58.3 Å². The van der Waals surface area contributed by atoms with Crippen LogP contribution in [-0.2, 0) is 42.9 Å². The van der Waals surface area contributed by atoms with E-state index in [2.05, 4.69) is 5.73 Å². The number of carbonyl (C=O) groups excluding carboxylic acids is 4. The Labute approximate surface area is 138 Å². The van der Waals surface area contributed by atoms with Crippen molar-refractivity contribution in [3.8, 4) is 0 Å². The Balaban J connectivity index is 3.08. The molecule has 1 aliphatic heterocycles. The van der Waals surface area contributed by atoms with Gasteiger partial charge in [-0.15, -0.1) is 0 Å². The van der Waals surface area contributed by atoms with E-state index in [1.54, 1.807) is 0 Å². The van der Waals surface area contributed by atoms with Crippen molar-refractivity contribution in [2.24, 2.45) is 0 Å². The van der Waals surface area contributed by atoms with E-state index in [4.69, 9.17) is 23.7 Å². The Morgan fingerprint density at radius 2 is 1.33 bits per heavy atom. The summed E-state index contributed by atoms with van der Waals surface area (Å²) < 4.78 is 25.8. The number of ether oxygens (including phenoxy) is 5. The molecule has 0 radical (unpaired) electrons. The van der Waals surface area contributed by atoms with Gasteiger partial charge in [0.15, 0.2) is 18.2 Å². The van der Waals surface area contributed by atoms with Gasteiger partial charge in [-0.2, -0.15) is 0 Å². The fraction of sp³-hybridized carbons (Fsp3) is 0.714. The third kappa shape index (κ3) is 5.78. The number of hydrogen-bond acceptors (Lipinski definition) is 9. The number of rotatable bonds is 5. The summed E-state index contributed by atoms with van der Waals surface area (Å²) in [4.78, 5) is 45.0. The van der Waals surface area contributed by atoms with Gasteiger partial charge in [-0.3, -0.25) is 19.2 Å². The summed E-state index contributed by atoms with van der Waals surface area (Å²) in [5.41, 5.74) is 3.78. The second-order valence-corrected chi connectivity index (χ2v) is 5.27. The molecule has 0 amide bonds. The fourth-order valence-electron chi connectivity index (χ4n) is 2.25. The van der Waals surface area contributed by atoms with Crippen LogP contribution in [0.25, 0.3) is 0 Å². The SMILES string of the molecule is CC(=O)OCC1O[C@H](OC(C)=O)C([NH3+])[C@@H](OC(C)=O)[C@@H]1OC(C)=O. The van der Waals surface area contributed by atoms with E-state index in [9.17, 15) is 19.2 Å².